The van der Waals surface area contributed by atoms with Gasteiger partial charge < -0.3 is 16.0 Å². The van der Waals surface area contributed by atoms with E-state index < -0.39 is 0 Å². The molecule has 2 aromatic heterocycles. The molecule has 2 heterocycles. The van der Waals surface area contributed by atoms with Gasteiger partial charge in [-0.2, -0.15) is 4.98 Å². The lowest BCUT2D eigenvalue weighted by Crippen LogP contribution is -2.13. The Morgan fingerprint density at radius 1 is 0.806 bits per heavy atom. The van der Waals surface area contributed by atoms with Crippen molar-refractivity contribution in [2.24, 2.45) is 0 Å². The van der Waals surface area contributed by atoms with Crippen molar-refractivity contribution in [2.75, 3.05) is 16.0 Å². The Hall–Kier alpha value is -4.33. The summed E-state index contributed by atoms with van der Waals surface area (Å²) in [5.74, 6) is 0.865. The van der Waals surface area contributed by atoms with E-state index in [-0.39, 0.29) is 11.6 Å². The van der Waals surface area contributed by atoms with Crippen LogP contribution in [0.25, 0.3) is 0 Å². The molecule has 0 aliphatic rings. The number of benzene rings is 2. The maximum atomic E-state index is 12.2. The quantitative estimate of drug-likeness (QED) is 0.425. The van der Waals surface area contributed by atoms with Crippen LogP contribution in [0.2, 0.25) is 0 Å². The molecule has 0 saturated heterocycles. The second kappa shape index (κ2) is 9.00. The minimum atomic E-state index is -0.313. The van der Waals surface area contributed by atoms with E-state index in [1.807, 2.05) is 56.3 Å². The van der Waals surface area contributed by atoms with Crippen molar-refractivity contribution in [3.05, 3.63) is 90.1 Å². The molecule has 0 saturated carbocycles. The Bertz CT molecular complexity index is 1180. The van der Waals surface area contributed by atoms with Gasteiger partial charge in [-0.1, -0.05) is 17.7 Å². The van der Waals surface area contributed by atoms with Gasteiger partial charge in [-0.15, -0.1) is 0 Å². The number of hydrogen-bond donors (Lipinski definition) is 3. The van der Waals surface area contributed by atoms with Gasteiger partial charge in [0, 0.05) is 41.2 Å². The minimum absolute atomic E-state index is 0.259. The van der Waals surface area contributed by atoms with Crippen LogP contribution in [-0.4, -0.2) is 25.8 Å². The van der Waals surface area contributed by atoms with Crippen molar-refractivity contribution in [1.29, 1.82) is 0 Å². The molecule has 0 atom stereocenters. The third kappa shape index (κ3) is 5.39. The van der Waals surface area contributed by atoms with Crippen molar-refractivity contribution in [2.45, 2.75) is 13.8 Å². The molecule has 0 bridgehead atoms. The fourth-order valence-corrected chi connectivity index (χ4v) is 2.85. The highest BCUT2D eigenvalue weighted by molar-refractivity contribution is 6.02. The van der Waals surface area contributed by atoms with Crippen molar-refractivity contribution in [3.8, 4) is 0 Å². The molecular formula is C23H21N7O. The summed E-state index contributed by atoms with van der Waals surface area (Å²) in [7, 11) is 0. The maximum Gasteiger partial charge on any atom is 0.275 e. The number of carbonyl (C=O) groups excluding carboxylic acids is 1. The summed E-state index contributed by atoms with van der Waals surface area (Å²) in [5, 5.41) is 9.28. The number of anilines is 5. The fourth-order valence-electron chi connectivity index (χ4n) is 2.85. The second-order valence-corrected chi connectivity index (χ2v) is 6.96. The fraction of sp³-hybridized carbons (Fsp3) is 0.0870. The summed E-state index contributed by atoms with van der Waals surface area (Å²) >= 11 is 0. The van der Waals surface area contributed by atoms with E-state index in [0.717, 1.165) is 17.1 Å². The van der Waals surface area contributed by atoms with Crippen LogP contribution in [-0.2, 0) is 0 Å². The van der Waals surface area contributed by atoms with Crippen LogP contribution >= 0.6 is 0 Å². The number of amides is 1. The van der Waals surface area contributed by atoms with E-state index in [1.165, 1.54) is 24.2 Å². The third-order valence-corrected chi connectivity index (χ3v) is 4.37. The molecule has 4 aromatic rings. The van der Waals surface area contributed by atoms with Crippen molar-refractivity contribution in [1.82, 2.24) is 19.9 Å². The van der Waals surface area contributed by atoms with E-state index in [9.17, 15) is 4.79 Å². The van der Waals surface area contributed by atoms with Crippen LogP contribution in [0.15, 0.2) is 73.2 Å². The first-order valence-electron chi connectivity index (χ1n) is 9.69. The van der Waals surface area contributed by atoms with E-state index in [0.29, 0.717) is 17.5 Å². The van der Waals surface area contributed by atoms with Crippen LogP contribution in [0.4, 0.5) is 28.8 Å². The SMILES string of the molecule is Cc1ccc(Nc2nc(C)cc(Nc3ccc(NC(=O)c4cnccn4)cc3)n2)cc1. The lowest BCUT2D eigenvalue weighted by molar-refractivity contribution is 0.102. The number of nitrogens with zero attached hydrogens (tertiary/aromatic N) is 4. The molecule has 8 heteroatoms. The standard InChI is InChI=1S/C23H21N7O/c1-15-3-5-19(6-4-15)29-23-26-16(2)13-21(30-23)27-17-7-9-18(10-8-17)28-22(31)20-14-24-11-12-25-20/h3-14H,1-2H3,(H,28,31)(H2,26,27,29,30). The maximum absolute atomic E-state index is 12.2. The molecule has 0 unspecified atom stereocenters. The summed E-state index contributed by atoms with van der Waals surface area (Å²) in [6.45, 7) is 3.96. The van der Waals surface area contributed by atoms with Crippen LogP contribution in [0.5, 0.6) is 0 Å². The Kier molecular flexibility index (Phi) is 5.79. The van der Waals surface area contributed by atoms with E-state index in [2.05, 4.69) is 35.9 Å². The zero-order valence-electron chi connectivity index (χ0n) is 17.1. The number of hydrogen-bond acceptors (Lipinski definition) is 7. The first-order valence-corrected chi connectivity index (χ1v) is 9.69. The normalized spacial score (nSPS) is 10.4. The number of carbonyl (C=O) groups is 1. The second-order valence-electron chi connectivity index (χ2n) is 6.96. The van der Waals surface area contributed by atoms with Gasteiger partial charge in [0.05, 0.1) is 6.20 Å². The van der Waals surface area contributed by atoms with Crippen molar-refractivity contribution in [3.63, 3.8) is 0 Å². The predicted octanol–water partition coefficient (Wildman–Crippen LogP) is 4.62. The molecule has 8 nitrogen and oxygen atoms in total. The van der Waals surface area contributed by atoms with E-state index in [1.54, 1.807) is 12.1 Å². The van der Waals surface area contributed by atoms with Crippen molar-refractivity contribution >= 4 is 34.7 Å². The molecule has 31 heavy (non-hydrogen) atoms. The molecular weight excluding hydrogens is 390 g/mol. The molecule has 0 aliphatic heterocycles. The molecule has 2 aromatic carbocycles. The Balaban J connectivity index is 1.43. The van der Waals surface area contributed by atoms with Gasteiger partial charge in [0.25, 0.3) is 5.91 Å². The Labute approximate surface area is 179 Å². The lowest BCUT2D eigenvalue weighted by Gasteiger charge is -2.11. The Morgan fingerprint density at radius 3 is 2.19 bits per heavy atom. The molecule has 0 fully saturated rings. The van der Waals surface area contributed by atoms with Gasteiger partial charge in [-0.3, -0.25) is 9.78 Å². The molecule has 1 amide bonds. The van der Waals surface area contributed by atoms with Crippen molar-refractivity contribution < 1.29 is 4.79 Å². The van der Waals surface area contributed by atoms with E-state index >= 15 is 0 Å². The molecule has 3 N–H and O–H groups in total. The lowest BCUT2D eigenvalue weighted by atomic mass is 10.2. The minimum Gasteiger partial charge on any atom is -0.340 e. The first kappa shape index (κ1) is 20.0. The largest absolute Gasteiger partial charge is 0.340 e. The molecule has 4 rings (SSSR count). The summed E-state index contributed by atoms with van der Waals surface area (Å²) in [6.07, 6.45) is 4.42. The average Bonchev–Trinajstić information content (AvgIpc) is 2.77. The average molecular weight is 411 g/mol. The first-order chi connectivity index (χ1) is 15.0. The van der Waals surface area contributed by atoms with Crippen LogP contribution in [0.1, 0.15) is 21.7 Å². The highest BCUT2D eigenvalue weighted by Gasteiger charge is 2.08. The van der Waals surface area contributed by atoms with Crippen LogP contribution in [0, 0.1) is 13.8 Å². The smallest absolute Gasteiger partial charge is 0.275 e. The van der Waals surface area contributed by atoms with E-state index in [4.69, 9.17) is 0 Å². The molecule has 0 aliphatic carbocycles. The van der Waals surface area contributed by atoms with Crippen LogP contribution in [0.3, 0.4) is 0 Å². The highest BCUT2D eigenvalue weighted by atomic mass is 16.1. The summed E-state index contributed by atoms with van der Waals surface area (Å²) in [4.78, 5) is 29.1. The van der Waals surface area contributed by atoms with Gasteiger partial charge in [0.2, 0.25) is 5.95 Å². The van der Waals surface area contributed by atoms with Gasteiger partial charge in [0.15, 0.2) is 0 Å². The number of nitrogens with one attached hydrogen (secondary N) is 3. The topological polar surface area (TPSA) is 105 Å². The number of aromatic nitrogens is 4. The number of aryl methyl sites for hydroxylation is 2. The van der Waals surface area contributed by atoms with Gasteiger partial charge in [-0.05, 0) is 50.2 Å². The van der Waals surface area contributed by atoms with Crippen LogP contribution < -0.4 is 16.0 Å². The molecule has 0 spiro atoms. The summed E-state index contributed by atoms with van der Waals surface area (Å²) in [6, 6.07) is 17.2. The summed E-state index contributed by atoms with van der Waals surface area (Å²) in [5.41, 5.74) is 4.69. The monoisotopic (exact) mass is 411 g/mol. The zero-order valence-corrected chi connectivity index (χ0v) is 17.1. The highest BCUT2D eigenvalue weighted by Crippen LogP contribution is 2.21. The molecule has 0 radical (unpaired) electrons. The predicted molar refractivity (Wildman–Crippen MR) is 121 cm³/mol. The van der Waals surface area contributed by atoms with Gasteiger partial charge in [0.1, 0.15) is 11.5 Å². The van der Waals surface area contributed by atoms with Gasteiger partial charge in [-0.25, -0.2) is 9.97 Å². The summed E-state index contributed by atoms with van der Waals surface area (Å²) < 4.78 is 0. The number of rotatable bonds is 6. The Morgan fingerprint density at radius 2 is 1.48 bits per heavy atom. The van der Waals surface area contributed by atoms with Gasteiger partial charge >= 0.3 is 0 Å². The third-order valence-electron chi connectivity index (χ3n) is 4.37. The zero-order chi connectivity index (χ0) is 21.6. The molecule has 154 valence electrons.